The molecule has 18 heavy (non-hydrogen) atoms. The van der Waals surface area contributed by atoms with Crippen LogP contribution < -0.4 is 0 Å². The van der Waals surface area contributed by atoms with Crippen LogP contribution in [0.1, 0.15) is 19.3 Å². The van der Waals surface area contributed by atoms with Gasteiger partial charge < -0.3 is 19.1 Å². The van der Waals surface area contributed by atoms with Crippen LogP contribution in [0.25, 0.3) is 0 Å². The lowest BCUT2D eigenvalue weighted by atomic mass is 10.1. The van der Waals surface area contributed by atoms with Gasteiger partial charge in [0.15, 0.2) is 5.76 Å². The monoisotopic (exact) mass is 255 g/mol. The molecule has 2 aliphatic rings. The highest BCUT2D eigenvalue weighted by Gasteiger charge is 2.30. The molecule has 1 unspecified atom stereocenters. The first-order valence-corrected chi connectivity index (χ1v) is 6.53. The van der Waals surface area contributed by atoms with E-state index in [1.165, 1.54) is 0 Å². The van der Waals surface area contributed by atoms with Gasteiger partial charge in [0.1, 0.15) is 0 Å². The third-order valence-electron chi connectivity index (χ3n) is 3.29. The Morgan fingerprint density at radius 2 is 2.44 bits per heavy atom. The summed E-state index contributed by atoms with van der Waals surface area (Å²) in [6.07, 6.45) is 4.62. The molecular weight excluding hydrogens is 234 g/mol. The van der Waals surface area contributed by atoms with Crippen LogP contribution in [0.15, 0.2) is 11.8 Å². The van der Waals surface area contributed by atoms with Gasteiger partial charge in [0, 0.05) is 20.3 Å². The minimum Gasteiger partial charge on any atom is -0.488 e. The van der Waals surface area contributed by atoms with Crippen LogP contribution in [0, 0.1) is 0 Å². The number of allylic oxidation sites excluding steroid dienone is 1. The summed E-state index contributed by atoms with van der Waals surface area (Å²) >= 11 is 0. The average Bonchev–Trinajstić information content (AvgIpc) is 2.45. The molecule has 1 fully saturated rings. The second-order valence-corrected chi connectivity index (χ2v) is 4.57. The summed E-state index contributed by atoms with van der Waals surface area (Å²) in [4.78, 5) is 14.2. The Morgan fingerprint density at radius 1 is 1.56 bits per heavy atom. The van der Waals surface area contributed by atoms with Gasteiger partial charge in [-0.3, -0.25) is 4.79 Å². The number of morpholine rings is 1. The van der Waals surface area contributed by atoms with Gasteiger partial charge in [-0.1, -0.05) is 0 Å². The normalized spacial score (nSPS) is 24.4. The van der Waals surface area contributed by atoms with E-state index in [1.54, 1.807) is 7.11 Å². The summed E-state index contributed by atoms with van der Waals surface area (Å²) in [6.45, 7) is 3.10. The number of hydrogen-bond acceptors (Lipinski definition) is 4. The molecule has 0 spiro atoms. The molecule has 0 radical (unpaired) electrons. The summed E-state index contributed by atoms with van der Waals surface area (Å²) in [7, 11) is 1.67. The maximum atomic E-state index is 12.4. The Labute approximate surface area is 108 Å². The van der Waals surface area contributed by atoms with Crippen molar-refractivity contribution in [3.63, 3.8) is 0 Å². The first-order chi connectivity index (χ1) is 8.83. The molecule has 2 rings (SSSR count). The van der Waals surface area contributed by atoms with Crippen molar-refractivity contribution >= 4 is 5.91 Å². The van der Waals surface area contributed by atoms with Crippen molar-refractivity contribution in [2.45, 2.75) is 25.3 Å². The van der Waals surface area contributed by atoms with Crippen LogP contribution in [0.4, 0.5) is 0 Å². The number of carbonyl (C=O) groups is 1. The Kier molecular flexibility index (Phi) is 5.01. The van der Waals surface area contributed by atoms with Crippen molar-refractivity contribution in [2.24, 2.45) is 0 Å². The predicted molar refractivity (Wildman–Crippen MR) is 66.1 cm³/mol. The van der Waals surface area contributed by atoms with Crippen molar-refractivity contribution in [1.82, 2.24) is 4.90 Å². The Balaban J connectivity index is 1.98. The van der Waals surface area contributed by atoms with E-state index >= 15 is 0 Å². The van der Waals surface area contributed by atoms with Crippen molar-refractivity contribution in [3.05, 3.63) is 11.8 Å². The number of amides is 1. The Morgan fingerprint density at radius 3 is 3.17 bits per heavy atom. The van der Waals surface area contributed by atoms with Gasteiger partial charge in [0.2, 0.25) is 0 Å². The van der Waals surface area contributed by atoms with Crippen LogP contribution >= 0.6 is 0 Å². The SMILES string of the molecule is COCCC1COCCN1C(=O)C1=CCCCO1. The molecule has 2 heterocycles. The molecule has 0 aromatic rings. The lowest BCUT2D eigenvalue weighted by molar-refractivity contribution is -0.140. The first-order valence-electron chi connectivity index (χ1n) is 6.53. The minimum absolute atomic E-state index is 0.000830. The van der Waals surface area contributed by atoms with E-state index in [-0.39, 0.29) is 11.9 Å². The third-order valence-corrected chi connectivity index (χ3v) is 3.29. The van der Waals surface area contributed by atoms with Gasteiger partial charge in [0.05, 0.1) is 25.9 Å². The summed E-state index contributed by atoms with van der Waals surface area (Å²) in [5.41, 5.74) is 0. The molecule has 1 saturated heterocycles. The summed E-state index contributed by atoms with van der Waals surface area (Å²) in [6, 6.07) is 0.0950. The molecule has 0 aromatic carbocycles. The third kappa shape index (κ3) is 3.23. The van der Waals surface area contributed by atoms with Gasteiger partial charge in [-0.05, 0) is 25.3 Å². The van der Waals surface area contributed by atoms with Crippen LogP contribution in [0.5, 0.6) is 0 Å². The minimum atomic E-state index is -0.000830. The summed E-state index contributed by atoms with van der Waals surface area (Å²) in [5, 5.41) is 0. The van der Waals surface area contributed by atoms with Crippen molar-refractivity contribution in [1.29, 1.82) is 0 Å². The van der Waals surface area contributed by atoms with Gasteiger partial charge in [-0.25, -0.2) is 0 Å². The molecule has 1 amide bonds. The van der Waals surface area contributed by atoms with Crippen LogP contribution in [-0.4, -0.2) is 56.9 Å². The topological polar surface area (TPSA) is 48.0 Å². The zero-order chi connectivity index (χ0) is 12.8. The maximum absolute atomic E-state index is 12.4. The van der Waals surface area contributed by atoms with E-state index in [2.05, 4.69) is 0 Å². The van der Waals surface area contributed by atoms with Crippen LogP contribution in [0.3, 0.4) is 0 Å². The van der Waals surface area contributed by atoms with Crippen molar-refractivity contribution < 1.29 is 19.0 Å². The van der Waals surface area contributed by atoms with Crippen molar-refractivity contribution in [2.75, 3.05) is 40.1 Å². The quantitative estimate of drug-likeness (QED) is 0.750. The second kappa shape index (κ2) is 6.75. The lowest BCUT2D eigenvalue weighted by Gasteiger charge is -2.36. The molecule has 0 saturated carbocycles. The van der Waals surface area contributed by atoms with E-state index in [9.17, 15) is 4.79 Å². The fourth-order valence-electron chi connectivity index (χ4n) is 2.26. The smallest absolute Gasteiger partial charge is 0.288 e. The largest absolute Gasteiger partial charge is 0.488 e. The first kappa shape index (κ1) is 13.4. The number of ether oxygens (including phenoxy) is 3. The molecule has 2 aliphatic heterocycles. The number of rotatable bonds is 4. The Hall–Kier alpha value is -1.07. The second-order valence-electron chi connectivity index (χ2n) is 4.57. The lowest BCUT2D eigenvalue weighted by Crippen LogP contribution is -2.50. The molecule has 1 atom stereocenters. The molecule has 5 heteroatoms. The zero-order valence-electron chi connectivity index (χ0n) is 10.9. The highest BCUT2D eigenvalue weighted by molar-refractivity contribution is 5.91. The van der Waals surface area contributed by atoms with Gasteiger partial charge in [-0.2, -0.15) is 0 Å². The fourth-order valence-corrected chi connectivity index (χ4v) is 2.26. The predicted octanol–water partition coefficient (Wildman–Crippen LogP) is 0.945. The number of carbonyl (C=O) groups excluding carboxylic acids is 1. The maximum Gasteiger partial charge on any atom is 0.288 e. The average molecular weight is 255 g/mol. The Bertz CT molecular complexity index is 316. The number of methoxy groups -OCH3 is 1. The number of nitrogens with zero attached hydrogens (tertiary/aromatic N) is 1. The van der Waals surface area contributed by atoms with E-state index in [4.69, 9.17) is 14.2 Å². The standard InChI is InChI=1S/C13H21NO4/c1-16-8-5-11-10-17-9-6-14(11)13(15)12-4-2-3-7-18-12/h4,11H,2-3,5-10H2,1H3. The fraction of sp³-hybridized carbons (Fsp3) is 0.769. The molecule has 0 N–H and O–H groups in total. The number of hydrogen-bond donors (Lipinski definition) is 0. The summed E-state index contributed by atoms with van der Waals surface area (Å²) < 4.78 is 16.0. The van der Waals surface area contributed by atoms with Gasteiger partial charge in [0.25, 0.3) is 5.91 Å². The molecule has 5 nitrogen and oxygen atoms in total. The van der Waals surface area contributed by atoms with E-state index in [0.717, 1.165) is 19.3 Å². The van der Waals surface area contributed by atoms with Gasteiger partial charge >= 0.3 is 0 Å². The molecule has 0 bridgehead atoms. The van der Waals surface area contributed by atoms with E-state index < -0.39 is 0 Å². The zero-order valence-corrected chi connectivity index (χ0v) is 10.9. The highest BCUT2D eigenvalue weighted by atomic mass is 16.5. The highest BCUT2D eigenvalue weighted by Crippen LogP contribution is 2.18. The molecule has 102 valence electrons. The van der Waals surface area contributed by atoms with E-state index in [1.807, 2.05) is 11.0 Å². The summed E-state index contributed by atoms with van der Waals surface area (Å²) in [5.74, 6) is 0.504. The molecule has 0 aromatic heterocycles. The van der Waals surface area contributed by atoms with Gasteiger partial charge in [-0.15, -0.1) is 0 Å². The molecule has 0 aliphatic carbocycles. The molecular formula is C13H21NO4. The van der Waals surface area contributed by atoms with Crippen LogP contribution in [-0.2, 0) is 19.0 Å². The van der Waals surface area contributed by atoms with E-state index in [0.29, 0.717) is 38.7 Å². The van der Waals surface area contributed by atoms with Crippen LogP contribution in [0.2, 0.25) is 0 Å². The van der Waals surface area contributed by atoms with Crippen molar-refractivity contribution in [3.8, 4) is 0 Å².